The van der Waals surface area contributed by atoms with Gasteiger partial charge in [-0.3, -0.25) is 0 Å². The van der Waals surface area contributed by atoms with Gasteiger partial charge in [-0.05, 0) is 44.1 Å². The number of ether oxygens (including phenoxy) is 1. The lowest BCUT2D eigenvalue weighted by molar-refractivity contribution is 0.148. The summed E-state index contributed by atoms with van der Waals surface area (Å²) < 4.78 is 5.28. The zero-order valence-electron chi connectivity index (χ0n) is 9.04. The monoisotopic (exact) mass is 195 g/mol. The van der Waals surface area contributed by atoms with E-state index >= 15 is 0 Å². The van der Waals surface area contributed by atoms with Gasteiger partial charge in [-0.1, -0.05) is 12.2 Å². The molecule has 0 spiro atoms. The van der Waals surface area contributed by atoms with Gasteiger partial charge in [0.15, 0.2) is 0 Å². The number of rotatable bonds is 6. The van der Waals surface area contributed by atoms with E-state index < -0.39 is 0 Å². The minimum absolute atomic E-state index is 0.832. The van der Waals surface area contributed by atoms with Crippen molar-refractivity contribution >= 4 is 0 Å². The van der Waals surface area contributed by atoms with Crippen LogP contribution >= 0.6 is 0 Å². The molecule has 2 aliphatic rings. The molecule has 0 radical (unpaired) electrons. The molecule has 14 heavy (non-hydrogen) atoms. The third kappa shape index (κ3) is 2.37. The molecule has 0 heterocycles. The molecule has 0 unspecified atom stereocenters. The summed E-state index contributed by atoms with van der Waals surface area (Å²) in [5.41, 5.74) is 0. The smallest absolute Gasteiger partial charge is 0.0590 e. The van der Waals surface area contributed by atoms with Crippen molar-refractivity contribution in [3.63, 3.8) is 0 Å². The van der Waals surface area contributed by atoms with Crippen LogP contribution in [0.4, 0.5) is 0 Å². The van der Waals surface area contributed by atoms with Crippen molar-refractivity contribution in [3.05, 3.63) is 12.2 Å². The summed E-state index contributed by atoms with van der Waals surface area (Å²) in [7, 11) is 0. The Morgan fingerprint density at radius 3 is 2.93 bits per heavy atom. The van der Waals surface area contributed by atoms with Gasteiger partial charge in [0.1, 0.15) is 0 Å². The van der Waals surface area contributed by atoms with Crippen LogP contribution in [0.1, 0.15) is 19.8 Å². The van der Waals surface area contributed by atoms with E-state index in [1.54, 1.807) is 0 Å². The topological polar surface area (TPSA) is 21.3 Å². The number of hydrogen-bond acceptors (Lipinski definition) is 2. The molecule has 0 aromatic rings. The van der Waals surface area contributed by atoms with Gasteiger partial charge >= 0.3 is 0 Å². The van der Waals surface area contributed by atoms with Crippen LogP contribution in [0.25, 0.3) is 0 Å². The Hall–Kier alpha value is -0.340. The summed E-state index contributed by atoms with van der Waals surface area (Å²) >= 11 is 0. The molecule has 2 aliphatic carbocycles. The van der Waals surface area contributed by atoms with Crippen molar-refractivity contribution in [2.24, 2.45) is 17.8 Å². The molecule has 0 amide bonds. The maximum atomic E-state index is 5.28. The molecule has 1 saturated carbocycles. The minimum atomic E-state index is 0.832. The second-order valence-corrected chi connectivity index (χ2v) is 4.44. The van der Waals surface area contributed by atoms with Crippen LogP contribution in [0.15, 0.2) is 12.2 Å². The molecule has 80 valence electrons. The molecule has 1 fully saturated rings. The third-order valence-corrected chi connectivity index (χ3v) is 3.45. The van der Waals surface area contributed by atoms with Gasteiger partial charge < -0.3 is 10.1 Å². The van der Waals surface area contributed by atoms with Crippen LogP contribution in [0.5, 0.6) is 0 Å². The molecule has 1 N–H and O–H groups in total. The summed E-state index contributed by atoms with van der Waals surface area (Å²) in [6, 6.07) is 0. The van der Waals surface area contributed by atoms with Gasteiger partial charge in [-0.15, -0.1) is 0 Å². The summed E-state index contributed by atoms with van der Waals surface area (Å²) in [4.78, 5) is 0. The second-order valence-electron chi connectivity index (χ2n) is 4.44. The van der Waals surface area contributed by atoms with Crippen molar-refractivity contribution in [1.29, 1.82) is 0 Å². The van der Waals surface area contributed by atoms with E-state index in [1.807, 2.05) is 6.92 Å². The molecule has 0 aromatic carbocycles. The Morgan fingerprint density at radius 2 is 2.29 bits per heavy atom. The fourth-order valence-electron chi connectivity index (χ4n) is 2.71. The highest BCUT2D eigenvalue weighted by Gasteiger charge is 2.34. The SMILES string of the molecule is CCOCCNC[C@@H]1C[C@@H]2C=C[C@H]1C2. The van der Waals surface area contributed by atoms with Gasteiger partial charge in [0, 0.05) is 13.2 Å². The lowest BCUT2D eigenvalue weighted by Crippen LogP contribution is -2.28. The quantitative estimate of drug-likeness (QED) is 0.515. The predicted molar refractivity (Wildman–Crippen MR) is 58.2 cm³/mol. The molecule has 0 saturated heterocycles. The summed E-state index contributed by atoms with van der Waals surface area (Å²) in [6.45, 7) is 5.91. The van der Waals surface area contributed by atoms with Crippen LogP contribution in [-0.4, -0.2) is 26.3 Å². The molecule has 0 aliphatic heterocycles. The van der Waals surface area contributed by atoms with Crippen LogP contribution < -0.4 is 5.32 Å². The lowest BCUT2D eigenvalue weighted by atomic mass is 9.94. The normalized spacial score (nSPS) is 34.2. The summed E-state index contributed by atoms with van der Waals surface area (Å²) in [5, 5.41) is 3.49. The number of hydrogen-bond donors (Lipinski definition) is 1. The Balaban J connectivity index is 1.56. The highest BCUT2D eigenvalue weighted by atomic mass is 16.5. The average Bonchev–Trinajstić information content (AvgIpc) is 2.79. The predicted octanol–water partition coefficient (Wildman–Crippen LogP) is 1.82. The number of fused-ring (bicyclic) bond motifs is 2. The van der Waals surface area contributed by atoms with Gasteiger partial charge in [-0.25, -0.2) is 0 Å². The fourth-order valence-corrected chi connectivity index (χ4v) is 2.71. The first kappa shape index (κ1) is 10.2. The van der Waals surface area contributed by atoms with Gasteiger partial charge in [0.05, 0.1) is 6.61 Å². The lowest BCUT2D eigenvalue weighted by Gasteiger charge is -2.18. The highest BCUT2D eigenvalue weighted by Crippen LogP contribution is 2.42. The third-order valence-electron chi connectivity index (χ3n) is 3.45. The van der Waals surface area contributed by atoms with Gasteiger partial charge in [0.25, 0.3) is 0 Å². The number of nitrogens with one attached hydrogen (secondary N) is 1. The summed E-state index contributed by atoms with van der Waals surface area (Å²) in [6.07, 6.45) is 7.64. The van der Waals surface area contributed by atoms with Gasteiger partial charge in [0.2, 0.25) is 0 Å². The minimum Gasteiger partial charge on any atom is -0.380 e. The zero-order valence-corrected chi connectivity index (χ0v) is 9.04. The maximum absolute atomic E-state index is 5.28. The highest BCUT2D eigenvalue weighted by molar-refractivity contribution is 5.10. The largest absolute Gasteiger partial charge is 0.380 e. The van der Waals surface area contributed by atoms with Crippen LogP contribution in [0, 0.1) is 17.8 Å². The van der Waals surface area contributed by atoms with E-state index in [2.05, 4.69) is 17.5 Å². The molecule has 2 rings (SSSR count). The molecule has 2 bridgehead atoms. The van der Waals surface area contributed by atoms with E-state index in [0.29, 0.717) is 0 Å². The molecule has 2 heteroatoms. The van der Waals surface area contributed by atoms with Crippen molar-refractivity contribution in [2.45, 2.75) is 19.8 Å². The second kappa shape index (κ2) is 4.94. The van der Waals surface area contributed by atoms with Crippen LogP contribution in [0.2, 0.25) is 0 Å². The Morgan fingerprint density at radius 1 is 1.36 bits per heavy atom. The van der Waals surface area contributed by atoms with Crippen molar-refractivity contribution < 1.29 is 4.74 Å². The zero-order chi connectivity index (χ0) is 9.80. The molecular weight excluding hydrogens is 174 g/mol. The summed E-state index contributed by atoms with van der Waals surface area (Å²) in [5.74, 6) is 2.67. The van der Waals surface area contributed by atoms with Crippen LogP contribution in [-0.2, 0) is 4.74 Å². The molecule has 2 nitrogen and oxygen atoms in total. The first-order valence-corrected chi connectivity index (χ1v) is 5.87. The molecular formula is C12H21NO. The van der Waals surface area contributed by atoms with E-state index in [4.69, 9.17) is 4.74 Å². The number of allylic oxidation sites excluding steroid dienone is 2. The Bertz CT molecular complexity index is 202. The standard InChI is InChI=1S/C12H21NO/c1-2-14-6-5-13-9-12-8-10-3-4-11(12)7-10/h3-4,10-13H,2,5-9H2,1H3/t10-,11+,12+/m1/s1. The van der Waals surface area contributed by atoms with E-state index in [0.717, 1.165) is 37.5 Å². The molecule has 3 atom stereocenters. The van der Waals surface area contributed by atoms with Crippen molar-refractivity contribution in [1.82, 2.24) is 5.32 Å². The fraction of sp³-hybridized carbons (Fsp3) is 0.833. The van der Waals surface area contributed by atoms with Crippen molar-refractivity contribution in [3.8, 4) is 0 Å². The Labute approximate surface area is 86.7 Å². The van der Waals surface area contributed by atoms with Crippen molar-refractivity contribution in [2.75, 3.05) is 26.3 Å². The van der Waals surface area contributed by atoms with E-state index in [1.165, 1.54) is 19.4 Å². The van der Waals surface area contributed by atoms with Gasteiger partial charge in [-0.2, -0.15) is 0 Å². The maximum Gasteiger partial charge on any atom is 0.0590 e. The molecule has 0 aromatic heterocycles. The van der Waals surface area contributed by atoms with E-state index in [9.17, 15) is 0 Å². The first-order valence-electron chi connectivity index (χ1n) is 5.87. The Kier molecular flexibility index (Phi) is 3.60. The van der Waals surface area contributed by atoms with E-state index in [-0.39, 0.29) is 0 Å². The average molecular weight is 195 g/mol. The first-order chi connectivity index (χ1) is 6.90. The van der Waals surface area contributed by atoms with Crippen LogP contribution in [0.3, 0.4) is 0 Å².